The molecule has 1 aliphatic rings. The van der Waals surface area contributed by atoms with E-state index in [0.29, 0.717) is 42.9 Å². The van der Waals surface area contributed by atoms with Crippen molar-refractivity contribution < 1.29 is 17.9 Å². The molecule has 35 heavy (non-hydrogen) atoms. The number of nitrogens with zero attached hydrogens (tertiary/aromatic N) is 2. The monoisotopic (exact) mass is 489 g/mol. The second-order valence-corrected chi connectivity index (χ2v) is 9.47. The molecule has 3 atom stereocenters. The number of nitrogens with two attached hydrogens (primary N) is 1. The van der Waals surface area contributed by atoms with E-state index in [-0.39, 0.29) is 12.7 Å². The van der Waals surface area contributed by atoms with Crippen LogP contribution in [0.3, 0.4) is 0 Å². The van der Waals surface area contributed by atoms with Gasteiger partial charge in [0.25, 0.3) is 5.92 Å². The quantitative estimate of drug-likeness (QED) is 0.365. The summed E-state index contributed by atoms with van der Waals surface area (Å²) in [6, 6.07) is 8.77. The summed E-state index contributed by atoms with van der Waals surface area (Å²) >= 11 is 0. The van der Waals surface area contributed by atoms with Gasteiger partial charge in [-0.2, -0.15) is 0 Å². The molecule has 2 aromatic heterocycles. The number of aromatic amines is 1. The minimum atomic E-state index is -2.87. The highest BCUT2D eigenvalue weighted by molar-refractivity contribution is 5.85. The topological polar surface area (TPSA) is 79.2 Å². The Morgan fingerprint density at radius 3 is 2.83 bits per heavy atom. The van der Waals surface area contributed by atoms with Crippen LogP contribution in [0.15, 0.2) is 36.5 Å². The molecule has 3 heterocycles. The number of halogens is 3. The summed E-state index contributed by atoms with van der Waals surface area (Å²) in [5.74, 6) is -2.33. The number of methoxy groups -OCH3 is 1. The number of aromatic nitrogens is 2. The molecule has 0 fully saturated rings. The zero-order chi connectivity index (χ0) is 25.2. The maximum absolute atomic E-state index is 14.3. The molecule has 0 saturated carbocycles. The third-order valence-corrected chi connectivity index (χ3v) is 6.64. The van der Waals surface area contributed by atoms with Crippen LogP contribution in [0.5, 0.6) is 5.75 Å². The van der Waals surface area contributed by atoms with Gasteiger partial charge in [-0.25, -0.2) is 8.78 Å². The molecule has 190 valence electrons. The number of hydrogen-bond donors (Lipinski definition) is 3. The summed E-state index contributed by atoms with van der Waals surface area (Å²) in [4.78, 5) is 9.92. The average Bonchev–Trinajstić information content (AvgIpc) is 3.19. The number of pyridine rings is 1. The highest BCUT2D eigenvalue weighted by Gasteiger charge is 2.41. The van der Waals surface area contributed by atoms with Crippen LogP contribution in [0, 0.1) is 0 Å². The van der Waals surface area contributed by atoms with E-state index in [9.17, 15) is 13.2 Å². The molecule has 4 rings (SSSR count). The van der Waals surface area contributed by atoms with Crippen LogP contribution in [0.4, 0.5) is 13.2 Å². The Balaban J connectivity index is 1.76. The van der Waals surface area contributed by atoms with Crippen LogP contribution in [-0.2, 0) is 6.42 Å². The number of hydrogen-bond acceptors (Lipinski definition) is 5. The first-order chi connectivity index (χ1) is 16.7. The van der Waals surface area contributed by atoms with Gasteiger partial charge in [-0.3, -0.25) is 14.3 Å². The lowest BCUT2D eigenvalue weighted by Gasteiger charge is -2.42. The third-order valence-electron chi connectivity index (χ3n) is 6.64. The molecule has 3 aromatic rings. The first kappa shape index (κ1) is 25.5. The Morgan fingerprint density at radius 1 is 1.34 bits per heavy atom. The van der Waals surface area contributed by atoms with Crippen LogP contribution < -0.4 is 15.8 Å². The fourth-order valence-electron chi connectivity index (χ4n) is 5.01. The van der Waals surface area contributed by atoms with Crippen LogP contribution in [0.25, 0.3) is 10.9 Å². The van der Waals surface area contributed by atoms with Crippen molar-refractivity contribution in [1.29, 1.82) is 0 Å². The van der Waals surface area contributed by atoms with Gasteiger partial charge in [0, 0.05) is 53.9 Å². The number of para-hydroxylation sites is 1. The van der Waals surface area contributed by atoms with Crippen molar-refractivity contribution >= 4 is 10.9 Å². The van der Waals surface area contributed by atoms with E-state index in [1.165, 1.54) is 0 Å². The van der Waals surface area contributed by atoms with E-state index in [2.05, 4.69) is 21.4 Å². The van der Waals surface area contributed by atoms with Crippen molar-refractivity contribution in [2.45, 2.75) is 50.7 Å². The molecular weight excluding hydrogens is 455 g/mol. The van der Waals surface area contributed by atoms with Gasteiger partial charge in [-0.05, 0) is 37.9 Å². The molecule has 0 bridgehead atoms. The van der Waals surface area contributed by atoms with Crippen LogP contribution in [0.2, 0.25) is 0 Å². The summed E-state index contributed by atoms with van der Waals surface area (Å²) in [7, 11) is 1.56. The Morgan fingerprint density at radius 2 is 2.11 bits per heavy atom. The molecule has 6 nitrogen and oxygen atoms in total. The smallest absolute Gasteiger partial charge is 0.257 e. The van der Waals surface area contributed by atoms with E-state index >= 15 is 0 Å². The lowest BCUT2D eigenvalue weighted by molar-refractivity contribution is -0.0369. The molecule has 0 amide bonds. The minimum absolute atomic E-state index is 0.121. The van der Waals surface area contributed by atoms with Crippen molar-refractivity contribution in [2.24, 2.45) is 5.73 Å². The molecule has 4 N–H and O–H groups in total. The van der Waals surface area contributed by atoms with E-state index in [1.807, 2.05) is 30.0 Å². The highest BCUT2D eigenvalue weighted by atomic mass is 19.3. The van der Waals surface area contributed by atoms with E-state index in [0.717, 1.165) is 29.1 Å². The minimum Gasteiger partial charge on any atom is -0.496 e. The predicted molar refractivity (Wildman–Crippen MR) is 132 cm³/mol. The fraction of sp³-hybridized carbons (Fsp3) is 0.500. The van der Waals surface area contributed by atoms with Gasteiger partial charge >= 0.3 is 0 Å². The Bertz CT molecular complexity index is 1150. The van der Waals surface area contributed by atoms with Crippen molar-refractivity contribution in [2.75, 3.05) is 33.4 Å². The zero-order valence-electron chi connectivity index (χ0n) is 20.5. The number of alkyl halides is 3. The highest BCUT2D eigenvalue weighted by Crippen LogP contribution is 2.44. The molecule has 0 radical (unpaired) electrons. The van der Waals surface area contributed by atoms with Gasteiger partial charge in [0.2, 0.25) is 0 Å². The molecule has 1 unspecified atom stereocenters. The number of fused-ring (bicyclic) bond motifs is 3. The van der Waals surface area contributed by atoms with E-state index in [4.69, 9.17) is 10.5 Å². The predicted octanol–water partition coefficient (Wildman–Crippen LogP) is 4.51. The lowest BCUT2D eigenvalue weighted by atomic mass is 9.88. The molecule has 0 aliphatic carbocycles. The van der Waals surface area contributed by atoms with Crippen LogP contribution >= 0.6 is 0 Å². The summed E-state index contributed by atoms with van der Waals surface area (Å²) in [5, 5.41) is 4.23. The van der Waals surface area contributed by atoms with Crippen molar-refractivity contribution in [1.82, 2.24) is 20.2 Å². The lowest BCUT2D eigenvalue weighted by Crippen LogP contribution is -2.47. The number of benzene rings is 1. The first-order valence-electron chi connectivity index (χ1n) is 12.0. The van der Waals surface area contributed by atoms with Gasteiger partial charge in [-0.1, -0.05) is 18.2 Å². The third kappa shape index (κ3) is 5.47. The summed E-state index contributed by atoms with van der Waals surface area (Å²) in [5.41, 5.74) is 10.6. The summed E-state index contributed by atoms with van der Waals surface area (Å²) in [6.07, 6.45) is 2.77. The number of ether oxygens (including phenoxy) is 1. The second kappa shape index (κ2) is 10.6. The first-order valence-corrected chi connectivity index (χ1v) is 12.0. The van der Waals surface area contributed by atoms with E-state index < -0.39 is 24.6 Å². The number of nitrogens with one attached hydrogen (secondary N) is 2. The molecular formula is C26H34F3N5O. The average molecular weight is 490 g/mol. The zero-order valence-corrected chi connectivity index (χ0v) is 20.5. The maximum atomic E-state index is 14.3. The standard InChI is InChI=1S/C26H34F3N5O/c1-16-11-18-17-7-4-5-8-21(17)33-24(18)25(34(16)15-26(2,28)29)19-13-32-22(12-23(19)35-3)20(30)14-31-10-6-9-27/h4-5,7-8,12-13,16,20,25,31,33H,6,9-11,14-15,30H2,1-3H3/t16-,20?,25-/m1/s1. The normalized spacial score (nSPS) is 19.6. The van der Waals surface area contributed by atoms with Crippen molar-refractivity contribution in [3.63, 3.8) is 0 Å². The van der Waals surface area contributed by atoms with Gasteiger partial charge in [0.1, 0.15) is 5.75 Å². The Kier molecular flexibility index (Phi) is 7.68. The van der Waals surface area contributed by atoms with Crippen molar-refractivity contribution in [3.05, 3.63) is 59.0 Å². The molecule has 0 saturated heterocycles. The maximum Gasteiger partial charge on any atom is 0.257 e. The van der Waals surface area contributed by atoms with Crippen LogP contribution in [-0.4, -0.2) is 60.3 Å². The SMILES string of the molecule is COc1cc(C(N)CNCCCF)ncc1[C@@H]1c2[nH]c3ccccc3c2C[C@@H](C)N1CC(C)(F)F. The second-order valence-electron chi connectivity index (χ2n) is 9.47. The number of rotatable bonds is 10. The largest absolute Gasteiger partial charge is 0.496 e. The van der Waals surface area contributed by atoms with Gasteiger partial charge in [0.05, 0.1) is 38.1 Å². The van der Waals surface area contributed by atoms with Crippen LogP contribution in [0.1, 0.15) is 54.9 Å². The molecule has 0 spiro atoms. The Hall–Kier alpha value is -2.62. The van der Waals surface area contributed by atoms with Gasteiger partial charge in [-0.15, -0.1) is 0 Å². The Labute approximate surface area is 204 Å². The van der Waals surface area contributed by atoms with Gasteiger partial charge < -0.3 is 20.8 Å². The summed E-state index contributed by atoms with van der Waals surface area (Å²) < 4.78 is 46.7. The molecule has 1 aliphatic heterocycles. The molecule has 9 heteroatoms. The molecule has 1 aromatic carbocycles. The summed E-state index contributed by atoms with van der Waals surface area (Å²) in [6.45, 7) is 3.13. The van der Waals surface area contributed by atoms with E-state index in [1.54, 1.807) is 19.4 Å². The number of H-pyrrole nitrogens is 1. The fourth-order valence-corrected chi connectivity index (χ4v) is 5.01. The van der Waals surface area contributed by atoms with Gasteiger partial charge in [0.15, 0.2) is 0 Å². The van der Waals surface area contributed by atoms with Crippen molar-refractivity contribution in [3.8, 4) is 5.75 Å².